The summed E-state index contributed by atoms with van der Waals surface area (Å²) >= 11 is 2.23. The minimum atomic E-state index is -0.849. The van der Waals surface area contributed by atoms with E-state index in [1.807, 2.05) is 26.8 Å². The van der Waals surface area contributed by atoms with Gasteiger partial charge < -0.3 is 15.2 Å². The summed E-state index contributed by atoms with van der Waals surface area (Å²) in [6, 6.07) is 0. The molecule has 0 aromatic carbocycles. The van der Waals surface area contributed by atoms with Crippen molar-refractivity contribution in [2.75, 3.05) is 6.61 Å². The first kappa shape index (κ1) is 17.8. The highest BCUT2D eigenvalue weighted by Gasteiger charge is 2.47. The van der Waals surface area contributed by atoms with Crippen LogP contribution in [-0.2, 0) is 9.53 Å². The average molecular weight is 419 g/mol. The van der Waals surface area contributed by atoms with E-state index in [0.29, 0.717) is 6.61 Å². The second-order valence-electron chi connectivity index (χ2n) is 7.31. The van der Waals surface area contributed by atoms with Crippen LogP contribution in [0.3, 0.4) is 0 Å². The fourth-order valence-corrected chi connectivity index (χ4v) is 4.53. The van der Waals surface area contributed by atoms with Crippen LogP contribution in [0.25, 0.3) is 0 Å². The molecule has 1 aliphatic heterocycles. The molecule has 0 fully saturated rings. The fraction of sp³-hybridized carbons (Fsp3) is 0.706. The molecule has 0 saturated carbocycles. The van der Waals surface area contributed by atoms with Crippen molar-refractivity contribution in [2.45, 2.75) is 59.1 Å². The van der Waals surface area contributed by atoms with Gasteiger partial charge in [-0.15, -0.1) is 0 Å². The van der Waals surface area contributed by atoms with E-state index in [4.69, 9.17) is 4.74 Å². The van der Waals surface area contributed by atoms with E-state index in [2.05, 4.69) is 41.8 Å². The number of carbonyl (C=O) groups excluding carboxylic acids is 1. The molecule has 1 aliphatic carbocycles. The Kier molecular flexibility index (Phi) is 4.97. The SMILES string of the molecule is CCOC(=O)[C@]1(C(C)C)C=C(I)C2=C(CC(C)(C)CC2O)N1. The van der Waals surface area contributed by atoms with Crippen LogP contribution in [0.1, 0.15) is 47.5 Å². The first-order valence-corrected chi connectivity index (χ1v) is 8.96. The van der Waals surface area contributed by atoms with E-state index in [1.165, 1.54) is 0 Å². The third-order valence-corrected chi connectivity index (χ3v) is 5.45. The first-order valence-electron chi connectivity index (χ1n) is 7.88. The maximum Gasteiger partial charge on any atom is 0.336 e. The Morgan fingerprint density at radius 1 is 1.55 bits per heavy atom. The van der Waals surface area contributed by atoms with Gasteiger partial charge in [0.25, 0.3) is 0 Å². The highest BCUT2D eigenvalue weighted by molar-refractivity contribution is 14.1. The van der Waals surface area contributed by atoms with Crippen LogP contribution in [0.2, 0.25) is 0 Å². The molecule has 2 atom stereocenters. The molecule has 0 saturated heterocycles. The third kappa shape index (κ3) is 3.07. The summed E-state index contributed by atoms with van der Waals surface area (Å²) in [6.07, 6.45) is 3.01. The lowest BCUT2D eigenvalue weighted by Crippen LogP contribution is -2.58. The first-order chi connectivity index (χ1) is 10.1. The lowest BCUT2D eigenvalue weighted by molar-refractivity contribution is -0.150. The summed E-state index contributed by atoms with van der Waals surface area (Å²) in [5.41, 5.74) is 1.09. The molecule has 1 heterocycles. The Hall–Kier alpha value is -0.560. The highest BCUT2D eigenvalue weighted by atomic mass is 127. The molecule has 5 heteroatoms. The van der Waals surface area contributed by atoms with Crippen molar-refractivity contribution in [3.8, 4) is 0 Å². The van der Waals surface area contributed by atoms with Gasteiger partial charge >= 0.3 is 5.97 Å². The van der Waals surface area contributed by atoms with Crippen molar-refractivity contribution < 1.29 is 14.6 Å². The van der Waals surface area contributed by atoms with E-state index < -0.39 is 11.6 Å². The number of hydrogen-bond acceptors (Lipinski definition) is 4. The normalized spacial score (nSPS) is 30.5. The second-order valence-corrected chi connectivity index (χ2v) is 8.48. The fourth-order valence-electron chi connectivity index (χ4n) is 3.36. The van der Waals surface area contributed by atoms with Crippen LogP contribution in [0.5, 0.6) is 0 Å². The number of ether oxygens (including phenoxy) is 1. The van der Waals surface area contributed by atoms with Crippen LogP contribution in [-0.4, -0.2) is 29.3 Å². The van der Waals surface area contributed by atoms with Gasteiger partial charge in [-0.1, -0.05) is 27.7 Å². The van der Waals surface area contributed by atoms with Crippen molar-refractivity contribution in [2.24, 2.45) is 11.3 Å². The summed E-state index contributed by atoms with van der Waals surface area (Å²) in [4.78, 5) is 12.6. The Morgan fingerprint density at radius 3 is 2.73 bits per heavy atom. The van der Waals surface area contributed by atoms with Gasteiger partial charge in [-0.2, -0.15) is 0 Å². The number of halogens is 1. The molecule has 2 aliphatic rings. The molecule has 0 spiro atoms. The minimum absolute atomic E-state index is 0.0108. The van der Waals surface area contributed by atoms with Crippen LogP contribution in [0.15, 0.2) is 20.9 Å². The number of dihydropyridines is 1. The summed E-state index contributed by atoms with van der Waals surface area (Å²) in [7, 11) is 0. The topological polar surface area (TPSA) is 58.6 Å². The van der Waals surface area contributed by atoms with E-state index >= 15 is 0 Å². The van der Waals surface area contributed by atoms with Gasteiger partial charge in [0.05, 0.1) is 12.7 Å². The van der Waals surface area contributed by atoms with Gasteiger partial charge in [-0.05, 0) is 59.8 Å². The molecule has 0 aromatic heterocycles. The molecular weight excluding hydrogens is 393 g/mol. The number of nitrogens with one attached hydrogen (secondary N) is 1. The Labute approximate surface area is 146 Å². The molecule has 0 amide bonds. The second kappa shape index (κ2) is 6.15. The van der Waals surface area contributed by atoms with Crippen molar-refractivity contribution in [3.63, 3.8) is 0 Å². The largest absolute Gasteiger partial charge is 0.464 e. The van der Waals surface area contributed by atoms with E-state index in [0.717, 1.165) is 27.7 Å². The predicted molar refractivity (Wildman–Crippen MR) is 95.5 cm³/mol. The van der Waals surface area contributed by atoms with Gasteiger partial charge in [0.1, 0.15) is 0 Å². The van der Waals surface area contributed by atoms with Crippen LogP contribution in [0.4, 0.5) is 0 Å². The van der Waals surface area contributed by atoms with Crippen molar-refractivity contribution in [1.29, 1.82) is 0 Å². The number of esters is 1. The van der Waals surface area contributed by atoms with Gasteiger partial charge in [-0.3, -0.25) is 0 Å². The lowest BCUT2D eigenvalue weighted by atomic mass is 9.72. The van der Waals surface area contributed by atoms with Gasteiger partial charge in [-0.25, -0.2) is 4.79 Å². The molecule has 1 unspecified atom stereocenters. The summed E-state index contributed by atoms with van der Waals surface area (Å²) in [5.74, 6) is -0.198. The van der Waals surface area contributed by atoms with Gasteiger partial charge in [0, 0.05) is 14.8 Å². The zero-order valence-corrected chi connectivity index (χ0v) is 16.2. The molecular formula is C17H26INO3. The highest BCUT2D eigenvalue weighted by Crippen LogP contribution is 2.46. The zero-order chi connectivity index (χ0) is 16.7. The van der Waals surface area contributed by atoms with Crippen molar-refractivity contribution in [3.05, 3.63) is 20.9 Å². The number of rotatable bonds is 3. The monoisotopic (exact) mass is 419 g/mol. The predicted octanol–water partition coefficient (Wildman–Crippen LogP) is 3.30. The molecule has 0 radical (unpaired) electrons. The van der Waals surface area contributed by atoms with E-state index in [1.54, 1.807) is 0 Å². The Balaban J connectivity index is 2.47. The van der Waals surface area contributed by atoms with E-state index in [9.17, 15) is 9.90 Å². The van der Waals surface area contributed by atoms with Crippen LogP contribution in [0, 0.1) is 11.3 Å². The summed E-state index contributed by atoms with van der Waals surface area (Å²) in [6.45, 7) is 10.5. The molecule has 22 heavy (non-hydrogen) atoms. The quantitative estimate of drug-likeness (QED) is 0.545. The van der Waals surface area contributed by atoms with E-state index in [-0.39, 0.29) is 17.3 Å². The summed E-state index contributed by atoms with van der Waals surface area (Å²) < 4.78 is 6.27. The molecule has 2 rings (SSSR count). The smallest absolute Gasteiger partial charge is 0.336 e. The third-order valence-electron chi connectivity index (χ3n) is 4.55. The number of aliphatic hydroxyl groups is 1. The van der Waals surface area contributed by atoms with Crippen LogP contribution < -0.4 is 5.32 Å². The Bertz CT molecular complexity index is 536. The molecule has 0 bridgehead atoms. The van der Waals surface area contributed by atoms with Crippen molar-refractivity contribution in [1.82, 2.24) is 5.32 Å². The van der Waals surface area contributed by atoms with Crippen molar-refractivity contribution >= 4 is 28.6 Å². The molecule has 0 aromatic rings. The number of carbonyl (C=O) groups is 1. The molecule has 2 N–H and O–H groups in total. The maximum atomic E-state index is 12.6. The van der Waals surface area contributed by atoms with Gasteiger partial charge in [0.2, 0.25) is 0 Å². The number of allylic oxidation sites excluding steroid dienone is 1. The zero-order valence-electron chi connectivity index (χ0n) is 14.0. The average Bonchev–Trinajstić information content (AvgIpc) is 2.35. The maximum absolute atomic E-state index is 12.6. The minimum Gasteiger partial charge on any atom is -0.464 e. The van der Waals surface area contributed by atoms with Crippen LogP contribution >= 0.6 is 22.6 Å². The standard InChI is InChI=1S/C17H26INO3/c1-6-22-15(21)17(10(2)3)7-11(18)14-12(19-17)8-16(4,5)9-13(14)20/h7,10,13,19-20H,6,8-9H2,1-5H3/t13?,17-/m1/s1. The number of aliphatic hydroxyl groups excluding tert-OH is 1. The Morgan fingerprint density at radius 2 is 2.18 bits per heavy atom. The lowest BCUT2D eigenvalue weighted by Gasteiger charge is -2.45. The molecule has 4 nitrogen and oxygen atoms in total. The summed E-state index contributed by atoms with van der Waals surface area (Å²) in [5, 5.41) is 13.9. The number of hydrogen-bond donors (Lipinski definition) is 2. The van der Waals surface area contributed by atoms with Gasteiger partial charge in [0.15, 0.2) is 5.54 Å². The molecule has 124 valence electrons.